The molecule has 20 heavy (non-hydrogen) atoms. The Morgan fingerprint density at radius 3 is 2.60 bits per heavy atom. The lowest BCUT2D eigenvalue weighted by atomic mass is 9.96. The molecule has 1 aromatic heterocycles. The van der Waals surface area contributed by atoms with Gasteiger partial charge < -0.3 is 5.32 Å². The maximum atomic E-state index is 4.26. The first kappa shape index (κ1) is 14.7. The molecule has 0 aliphatic carbocycles. The van der Waals surface area contributed by atoms with Crippen LogP contribution in [0.2, 0.25) is 0 Å². The van der Waals surface area contributed by atoms with Crippen LogP contribution in [0.4, 0.5) is 0 Å². The first-order chi connectivity index (χ1) is 9.77. The van der Waals surface area contributed by atoms with E-state index in [1.165, 1.54) is 0 Å². The Bertz CT molecular complexity index is 506. The van der Waals surface area contributed by atoms with Crippen LogP contribution < -0.4 is 5.32 Å². The molecule has 4 nitrogen and oxygen atoms in total. The van der Waals surface area contributed by atoms with Gasteiger partial charge in [-0.05, 0) is 31.0 Å². The number of aromatic nitrogens is 3. The Hall–Kier alpha value is -1.68. The standard InChI is InChI=1S/C16H24N4/c1-4-11-17-16(13(3)5-2)15-12-18-19-20(15)14-9-7-6-8-10-14/h6-10,12-13,16-17H,4-5,11H2,1-3H3. The molecule has 2 unspecified atom stereocenters. The molecule has 0 radical (unpaired) electrons. The minimum absolute atomic E-state index is 0.287. The Morgan fingerprint density at radius 1 is 1.20 bits per heavy atom. The number of benzene rings is 1. The van der Waals surface area contributed by atoms with Crippen molar-refractivity contribution < 1.29 is 0 Å². The quantitative estimate of drug-likeness (QED) is 0.840. The number of hydrogen-bond acceptors (Lipinski definition) is 3. The molecule has 0 fully saturated rings. The van der Waals surface area contributed by atoms with E-state index in [-0.39, 0.29) is 6.04 Å². The lowest BCUT2D eigenvalue weighted by molar-refractivity contribution is 0.364. The van der Waals surface area contributed by atoms with E-state index in [2.05, 4.69) is 48.5 Å². The van der Waals surface area contributed by atoms with Gasteiger partial charge in [0, 0.05) is 0 Å². The van der Waals surface area contributed by atoms with E-state index in [4.69, 9.17) is 0 Å². The molecule has 0 spiro atoms. The summed E-state index contributed by atoms with van der Waals surface area (Å²) in [7, 11) is 0. The fraction of sp³-hybridized carbons (Fsp3) is 0.500. The van der Waals surface area contributed by atoms with Gasteiger partial charge in [-0.15, -0.1) is 5.10 Å². The van der Waals surface area contributed by atoms with E-state index in [1.54, 1.807) is 0 Å². The Labute approximate surface area is 121 Å². The molecule has 108 valence electrons. The number of nitrogens with zero attached hydrogens (tertiary/aromatic N) is 3. The fourth-order valence-corrected chi connectivity index (χ4v) is 2.36. The van der Waals surface area contributed by atoms with Crippen molar-refractivity contribution in [3.63, 3.8) is 0 Å². The molecule has 2 atom stereocenters. The third-order valence-electron chi connectivity index (χ3n) is 3.72. The lowest BCUT2D eigenvalue weighted by Crippen LogP contribution is -2.29. The molecular formula is C16H24N4. The van der Waals surface area contributed by atoms with Gasteiger partial charge >= 0.3 is 0 Å². The highest BCUT2D eigenvalue weighted by atomic mass is 15.4. The molecule has 4 heteroatoms. The second-order valence-electron chi connectivity index (χ2n) is 5.22. The topological polar surface area (TPSA) is 42.7 Å². The van der Waals surface area contributed by atoms with Crippen LogP contribution in [-0.2, 0) is 0 Å². The van der Waals surface area contributed by atoms with Gasteiger partial charge in [0.15, 0.2) is 0 Å². The van der Waals surface area contributed by atoms with E-state index >= 15 is 0 Å². The predicted molar refractivity (Wildman–Crippen MR) is 81.8 cm³/mol. The summed E-state index contributed by atoms with van der Waals surface area (Å²) in [5.41, 5.74) is 2.20. The predicted octanol–water partition coefficient (Wildman–Crippen LogP) is 3.35. The van der Waals surface area contributed by atoms with Crippen LogP contribution in [0.15, 0.2) is 36.5 Å². The van der Waals surface area contributed by atoms with Gasteiger partial charge in [-0.3, -0.25) is 0 Å². The van der Waals surface area contributed by atoms with Crippen LogP contribution in [0, 0.1) is 5.92 Å². The largest absolute Gasteiger partial charge is 0.308 e. The molecule has 0 aliphatic heterocycles. The third-order valence-corrected chi connectivity index (χ3v) is 3.72. The Morgan fingerprint density at radius 2 is 1.95 bits per heavy atom. The summed E-state index contributed by atoms with van der Waals surface area (Å²) in [4.78, 5) is 0. The number of nitrogens with one attached hydrogen (secondary N) is 1. The van der Waals surface area contributed by atoms with Crippen molar-refractivity contribution in [3.05, 3.63) is 42.2 Å². The zero-order valence-corrected chi connectivity index (χ0v) is 12.6. The van der Waals surface area contributed by atoms with E-state index in [1.807, 2.05) is 29.1 Å². The fourth-order valence-electron chi connectivity index (χ4n) is 2.36. The van der Waals surface area contributed by atoms with Crippen molar-refractivity contribution in [2.75, 3.05) is 6.54 Å². The zero-order valence-electron chi connectivity index (χ0n) is 12.6. The highest BCUT2D eigenvalue weighted by molar-refractivity contribution is 5.32. The van der Waals surface area contributed by atoms with Gasteiger partial charge in [-0.1, -0.05) is 50.6 Å². The molecule has 1 aromatic carbocycles. The maximum Gasteiger partial charge on any atom is 0.0817 e. The molecule has 0 amide bonds. The summed E-state index contributed by atoms with van der Waals surface area (Å²) in [6.07, 6.45) is 4.13. The molecule has 2 rings (SSSR count). The molecule has 0 aliphatic rings. The third kappa shape index (κ3) is 3.25. The van der Waals surface area contributed by atoms with Crippen molar-refractivity contribution >= 4 is 0 Å². The average Bonchev–Trinajstić information content (AvgIpc) is 2.97. The monoisotopic (exact) mass is 272 g/mol. The number of rotatable bonds is 7. The first-order valence-electron chi connectivity index (χ1n) is 7.47. The molecule has 1 heterocycles. The molecule has 1 N–H and O–H groups in total. The highest BCUT2D eigenvalue weighted by Gasteiger charge is 2.22. The zero-order chi connectivity index (χ0) is 14.4. The highest BCUT2D eigenvalue weighted by Crippen LogP contribution is 2.25. The van der Waals surface area contributed by atoms with Crippen LogP contribution in [0.5, 0.6) is 0 Å². The summed E-state index contributed by atoms with van der Waals surface area (Å²) in [6, 6.07) is 10.5. The average molecular weight is 272 g/mol. The van der Waals surface area contributed by atoms with Gasteiger partial charge in [0.25, 0.3) is 0 Å². The van der Waals surface area contributed by atoms with Gasteiger partial charge in [0.2, 0.25) is 0 Å². The van der Waals surface area contributed by atoms with Crippen molar-refractivity contribution in [3.8, 4) is 5.69 Å². The second kappa shape index (κ2) is 7.20. The molecule has 0 saturated heterocycles. The van der Waals surface area contributed by atoms with Crippen LogP contribution in [0.3, 0.4) is 0 Å². The Balaban J connectivity index is 2.32. The smallest absolute Gasteiger partial charge is 0.0817 e. The minimum atomic E-state index is 0.287. The van der Waals surface area contributed by atoms with Gasteiger partial charge in [0.1, 0.15) is 0 Å². The van der Waals surface area contributed by atoms with E-state index in [0.29, 0.717) is 5.92 Å². The van der Waals surface area contributed by atoms with Crippen molar-refractivity contribution in [1.29, 1.82) is 0 Å². The van der Waals surface area contributed by atoms with E-state index in [9.17, 15) is 0 Å². The van der Waals surface area contributed by atoms with Crippen molar-refractivity contribution in [2.45, 2.75) is 39.7 Å². The summed E-state index contributed by atoms with van der Waals surface area (Å²) >= 11 is 0. The van der Waals surface area contributed by atoms with E-state index in [0.717, 1.165) is 30.8 Å². The number of hydrogen-bond donors (Lipinski definition) is 1. The van der Waals surface area contributed by atoms with Crippen LogP contribution >= 0.6 is 0 Å². The lowest BCUT2D eigenvalue weighted by Gasteiger charge is -2.24. The molecule has 2 aromatic rings. The van der Waals surface area contributed by atoms with E-state index < -0.39 is 0 Å². The summed E-state index contributed by atoms with van der Waals surface area (Å²) in [5, 5.41) is 12.0. The molecule has 0 saturated carbocycles. The van der Waals surface area contributed by atoms with Gasteiger partial charge in [-0.25, -0.2) is 4.68 Å². The van der Waals surface area contributed by atoms with Gasteiger partial charge in [0.05, 0.1) is 23.6 Å². The summed E-state index contributed by atoms with van der Waals surface area (Å²) in [6.45, 7) is 7.69. The SMILES string of the molecule is CCCNC(c1cnnn1-c1ccccc1)C(C)CC. The minimum Gasteiger partial charge on any atom is -0.308 e. The van der Waals surface area contributed by atoms with Crippen LogP contribution in [-0.4, -0.2) is 21.5 Å². The normalized spacial score (nSPS) is 14.2. The maximum absolute atomic E-state index is 4.26. The second-order valence-corrected chi connectivity index (χ2v) is 5.22. The molecule has 0 bridgehead atoms. The van der Waals surface area contributed by atoms with Crippen LogP contribution in [0.25, 0.3) is 5.69 Å². The summed E-state index contributed by atoms with van der Waals surface area (Å²) < 4.78 is 1.94. The van der Waals surface area contributed by atoms with Gasteiger partial charge in [-0.2, -0.15) is 0 Å². The van der Waals surface area contributed by atoms with Crippen molar-refractivity contribution in [2.24, 2.45) is 5.92 Å². The van der Waals surface area contributed by atoms with Crippen LogP contribution in [0.1, 0.15) is 45.3 Å². The first-order valence-corrected chi connectivity index (χ1v) is 7.47. The summed E-state index contributed by atoms with van der Waals surface area (Å²) in [5.74, 6) is 0.544. The molecular weight excluding hydrogens is 248 g/mol. The number of para-hydroxylation sites is 1. The van der Waals surface area contributed by atoms with Crippen molar-refractivity contribution in [1.82, 2.24) is 20.3 Å². The Kier molecular flexibility index (Phi) is 5.30.